The summed E-state index contributed by atoms with van der Waals surface area (Å²) in [6.45, 7) is 4.06. The van der Waals surface area contributed by atoms with Crippen LogP contribution in [0.15, 0.2) is 54.6 Å². The molecular formula is C19H16BrF. The van der Waals surface area contributed by atoms with Gasteiger partial charge in [0.25, 0.3) is 0 Å². The third kappa shape index (κ3) is 2.60. The first-order valence-electron chi connectivity index (χ1n) is 6.96. The fraction of sp³-hybridized carbons (Fsp3) is 0.158. The Hall–Kier alpha value is -1.67. The molecule has 0 spiro atoms. The van der Waals surface area contributed by atoms with E-state index in [0.717, 1.165) is 16.7 Å². The van der Waals surface area contributed by atoms with E-state index in [4.69, 9.17) is 0 Å². The number of fused-ring (bicyclic) bond motifs is 1. The number of aryl methyl sites for hydroxylation is 2. The van der Waals surface area contributed by atoms with Crippen molar-refractivity contribution in [3.63, 3.8) is 0 Å². The van der Waals surface area contributed by atoms with Crippen LogP contribution in [0.5, 0.6) is 0 Å². The molecule has 0 saturated heterocycles. The maximum Gasteiger partial charge on any atom is 0.127 e. The van der Waals surface area contributed by atoms with Crippen molar-refractivity contribution in [2.24, 2.45) is 0 Å². The lowest BCUT2D eigenvalue weighted by atomic mass is 9.93. The van der Waals surface area contributed by atoms with Crippen LogP contribution in [0, 0.1) is 19.7 Å². The molecule has 3 rings (SSSR count). The molecule has 0 aliphatic heterocycles. The molecule has 0 aliphatic rings. The van der Waals surface area contributed by atoms with E-state index in [9.17, 15) is 4.39 Å². The van der Waals surface area contributed by atoms with Gasteiger partial charge in [0.2, 0.25) is 0 Å². The molecular weight excluding hydrogens is 327 g/mol. The number of hydrogen-bond acceptors (Lipinski definition) is 0. The summed E-state index contributed by atoms with van der Waals surface area (Å²) < 4.78 is 14.2. The van der Waals surface area contributed by atoms with Crippen LogP contribution in [-0.2, 0) is 0 Å². The number of alkyl halides is 1. The van der Waals surface area contributed by atoms with Gasteiger partial charge in [-0.25, -0.2) is 4.39 Å². The Bertz CT molecular complexity index is 808. The van der Waals surface area contributed by atoms with Crippen LogP contribution in [0.4, 0.5) is 4.39 Å². The zero-order valence-electron chi connectivity index (χ0n) is 12.0. The van der Waals surface area contributed by atoms with E-state index in [1.54, 1.807) is 12.1 Å². The molecule has 3 aromatic carbocycles. The fourth-order valence-corrected chi connectivity index (χ4v) is 3.71. The smallest absolute Gasteiger partial charge is 0.127 e. The normalized spacial score (nSPS) is 12.6. The van der Waals surface area contributed by atoms with Crippen molar-refractivity contribution in [3.05, 3.63) is 82.7 Å². The number of rotatable bonds is 2. The summed E-state index contributed by atoms with van der Waals surface area (Å²) in [4.78, 5) is -0.150. The van der Waals surface area contributed by atoms with E-state index in [1.165, 1.54) is 10.8 Å². The minimum Gasteiger partial charge on any atom is -0.207 e. The Morgan fingerprint density at radius 2 is 1.71 bits per heavy atom. The molecule has 0 fully saturated rings. The van der Waals surface area contributed by atoms with E-state index in [1.807, 2.05) is 25.1 Å². The minimum absolute atomic E-state index is 0.150. The van der Waals surface area contributed by atoms with Crippen molar-refractivity contribution in [1.82, 2.24) is 0 Å². The molecule has 0 amide bonds. The van der Waals surface area contributed by atoms with Crippen LogP contribution in [0.2, 0.25) is 0 Å². The molecule has 106 valence electrons. The summed E-state index contributed by atoms with van der Waals surface area (Å²) in [5.74, 6) is -0.171. The maximum atomic E-state index is 14.2. The topological polar surface area (TPSA) is 0 Å². The number of hydrogen-bond donors (Lipinski definition) is 0. The van der Waals surface area contributed by atoms with Crippen LogP contribution < -0.4 is 0 Å². The second-order valence-corrected chi connectivity index (χ2v) is 6.32. The van der Waals surface area contributed by atoms with Gasteiger partial charge < -0.3 is 0 Å². The van der Waals surface area contributed by atoms with Gasteiger partial charge in [-0.15, -0.1) is 0 Å². The van der Waals surface area contributed by atoms with Gasteiger partial charge >= 0.3 is 0 Å². The summed E-state index contributed by atoms with van der Waals surface area (Å²) >= 11 is 3.71. The van der Waals surface area contributed by atoms with Crippen LogP contribution in [0.3, 0.4) is 0 Å². The highest BCUT2D eigenvalue weighted by molar-refractivity contribution is 9.09. The van der Waals surface area contributed by atoms with Crippen molar-refractivity contribution in [2.45, 2.75) is 18.7 Å². The van der Waals surface area contributed by atoms with Crippen LogP contribution in [0.25, 0.3) is 10.8 Å². The molecule has 21 heavy (non-hydrogen) atoms. The largest absolute Gasteiger partial charge is 0.207 e. The third-order valence-corrected chi connectivity index (χ3v) is 4.82. The Morgan fingerprint density at radius 3 is 2.52 bits per heavy atom. The van der Waals surface area contributed by atoms with Crippen molar-refractivity contribution < 1.29 is 4.39 Å². The van der Waals surface area contributed by atoms with Gasteiger partial charge in [-0.05, 0) is 41.8 Å². The Kier molecular flexibility index (Phi) is 3.81. The molecule has 1 unspecified atom stereocenters. The lowest BCUT2D eigenvalue weighted by Crippen LogP contribution is -2.00. The summed E-state index contributed by atoms with van der Waals surface area (Å²) in [5, 5.41) is 2.34. The van der Waals surface area contributed by atoms with Crippen molar-refractivity contribution in [3.8, 4) is 0 Å². The predicted octanol–water partition coefficient (Wildman–Crippen LogP) is 6.08. The van der Waals surface area contributed by atoms with Gasteiger partial charge in [-0.2, -0.15) is 0 Å². The van der Waals surface area contributed by atoms with Crippen LogP contribution >= 0.6 is 15.9 Å². The lowest BCUT2D eigenvalue weighted by molar-refractivity contribution is 0.613. The molecule has 0 N–H and O–H groups in total. The molecule has 0 heterocycles. The van der Waals surface area contributed by atoms with Gasteiger partial charge in [0.15, 0.2) is 0 Å². The minimum atomic E-state index is -0.171. The van der Waals surface area contributed by atoms with Gasteiger partial charge in [0, 0.05) is 5.56 Å². The Balaban J connectivity index is 2.24. The Labute approximate surface area is 132 Å². The van der Waals surface area contributed by atoms with E-state index >= 15 is 0 Å². The van der Waals surface area contributed by atoms with Gasteiger partial charge in [-0.3, -0.25) is 0 Å². The van der Waals surface area contributed by atoms with E-state index in [0.29, 0.717) is 5.56 Å². The maximum absolute atomic E-state index is 14.2. The second-order valence-electron chi connectivity index (χ2n) is 5.40. The zero-order valence-corrected chi connectivity index (χ0v) is 13.6. The lowest BCUT2D eigenvalue weighted by Gasteiger charge is -2.18. The number of halogens is 2. The van der Waals surface area contributed by atoms with Gasteiger partial charge in [-0.1, -0.05) is 70.0 Å². The van der Waals surface area contributed by atoms with E-state index < -0.39 is 0 Å². The first-order valence-corrected chi connectivity index (χ1v) is 7.88. The molecule has 0 aromatic heterocycles. The summed E-state index contributed by atoms with van der Waals surface area (Å²) in [7, 11) is 0. The standard InChI is InChI=1S/C19H16BrF/c1-12-7-10-17(21)16(11-12)19(20)18-13(2)8-9-14-5-3-4-6-15(14)18/h3-11,19H,1-2H3. The molecule has 0 bridgehead atoms. The monoisotopic (exact) mass is 342 g/mol. The molecule has 0 nitrogen and oxygen atoms in total. The average molecular weight is 343 g/mol. The van der Waals surface area contributed by atoms with E-state index in [2.05, 4.69) is 47.1 Å². The molecule has 0 saturated carbocycles. The number of benzene rings is 3. The highest BCUT2D eigenvalue weighted by atomic mass is 79.9. The van der Waals surface area contributed by atoms with Gasteiger partial charge in [0.05, 0.1) is 4.83 Å². The SMILES string of the molecule is Cc1ccc(F)c(C(Br)c2c(C)ccc3ccccc23)c1. The van der Waals surface area contributed by atoms with Crippen molar-refractivity contribution in [2.75, 3.05) is 0 Å². The first kappa shape index (κ1) is 14.3. The molecule has 2 heteroatoms. The Morgan fingerprint density at radius 1 is 0.952 bits per heavy atom. The van der Waals surface area contributed by atoms with E-state index in [-0.39, 0.29) is 10.6 Å². The van der Waals surface area contributed by atoms with Crippen molar-refractivity contribution in [1.29, 1.82) is 0 Å². The summed E-state index contributed by atoms with van der Waals surface area (Å²) in [6, 6.07) is 17.7. The quantitative estimate of drug-likeness (QED) is 0.495. The molecule has 0 aliphatic carbocycles. The van der Waals surface area contributed by atoms with Gasteiger partial charge in [0.1, 0.15) is 5.82 Å². The van der Waals surface area contributed by atoms with Crippen molar-refractivity contribution >= 4 is 26.7 Å². The molecule has 1 atom stereocenters. The third-order valence-electron chi connectivity index (χ3n) is 3.87. The summed E-state index contributed by atoms with van der Waals surface area (Å²) in [6.07, 6.45) is 0. The first-order chi connectivity index (χ1) is 10.1. The second kappa shape index (κ2) is 5.61. The average Bonchev–Trinajstić information content (AvgIpc) is 2.49. The molecule has 0 radical (unpaired) electrons. The highest BCUT2D eigenvalue weighted by Crippen LogP contribution is 2.38. The summed E-state index contributed by atoms with van der Waals surface area (Å²) in [5.41, 5.74) is 4.05. The molecule has 3 aromatic rings. The van der Waals surface area contributed by atoms with Crippen LogP contribution in [0.1, 0.15) is 27.1 Å². The zero-order chi connectivity index (χ0) is 15.0. The fourth-order valence-electron chi connectivity index (χ4n) is 2.75. The van der Waals surface area contributed by atoms with Crippen LogP contribution in [-0.4, -0.2) is 0 Å². The highest BCUT2D eigenvalue weighted by Gasteiger charge is 2.19. The predicted molar refractivity (Wildman–Crippen MR) is 90.6 cm³/mol.